The normalized spacial score (nSPS) is 9.73. The maximum Gasteiger partial charge on any atom is 0.0378 e. The van der Waals surface area contributed by atoms with Crippen LogP contribution in [-0.2, 0) is 0 Å². The first kappa shape index (κ1) is 8.47. The molecule has 0 heterocycles. The molecule has 0 saturated carbocycles. The van der Waals surface area contributed by atoms with E-state index in [1.54, 1.807) is 11.8 Å². The molecule has 0 aromatic heterocycles. The molecule has 0 atom stereocenters. The van der Waals surface area contributed by atoms with Crippen LogP contribution in [0.4, 0.5) is 5.69 Å². The van der Waals surface area contributed by atoms with E-state index in [-0.39, 0.29) is 0 Å². The summed E-state index contributed by atoms with van der Waals surface area (Å²) in [5.74, 6) is 0. The van der Waals surface area contributed by atoms with Gasteiger partial charge < -0.3 is 5.32 Å². The van der Waals surface area contributed by atoms with Crippen molar-refractivity contribution in [3.05, 3.63) is 23.8 Å². The zero-order chi connectivity index (χ0) is 8.27. The molecule has 0 unspecified atom stereocenters. The quantitative estimate of drug-likeness (QED) is 0.680. The first-order valence-corrected chi connectivity index (χ1v) is 4.83. The highest BCUT2D eigenvalue weighted by atomic mass is 32.2. The summed E-state index contributed by atoms with van der Waals surface area (Å²) in [4.78, 5) is 1.34. The molecule has 1 rings (SSSR count). The molecule has 1 aromatic carbocycles. The second kappa shape index (κ2) is 3.67. The van der Waals surface area contributed by atoms with Crippen LogP contribution in [-0.4, -0.2) is 13.3 Å². The summed E-state index contributed by atoms with van der Waals surface area (Å²) in [5.41, 5.74) is 2.55. The van der Waals surface area contributed by atoms with Gasteiger partial charge in [-0.25, -0.2) is 0 Å². The standard InChI is InChI=1S/C9H13NS/c1-7-8(10-2)5-4-6-9(7)11-3/h4-6,10H,1-3H3. The summed E-state index contributed by atoms with van der Waals surface area (Å²) in [5, 5.41) is 3.16. The van der Waals surface area contributed by atoms with Gasteiger partial charge in [0.15, 0.2) is 0 Å². The minimum atomic E-state index is 1.22. The highest BCUT2D eigenvalue weighted by molar-refractivity contribution is 7.98. The maximum absolute atomic E-state index is 3.16. The molecule has 0 saturated heterocycles. The Morgan fingerprint density at radius 3 is 2.64 bits per heavy atom. The number of nitrogens with one attached hydrogen (secondary N) is 1. The Hall–Kier alpha value is -0.630. The van der Waals surface area contributed by atoms with Crippen molar-refractivity contribution in [2.45, 2.75) is 11.8 Å². The Kier molecular flexibility index (Phi) is 2.83. The lowest BCUT2D eigenvalue weighted by atomic mass is 10.2. The van der Waals surface area contributed by atoms with E-state index in [4.69, 9.17) is 0 Å². The van der Waals surface area contributed by atoms with Crippen LogP contribution >= 0.6 is 11.8 Å². The van der Waals surface area contributed by atoms with Crippen LogP contribution in [0.15, 0.2) is 23.1 Å². The zero-order valence-corrected chi connectivity index (χ0v) is 7.96. The van der Waals surface area contributed by atoms with Gasteiger partial charge in [-0.05, 0) is 30.9 Å². The first-order valence-electron chi connectivity index (χ1n) is 3.61. The minimum Gasteiger partial charge on any atom is -0.388 e. The van der Waals surface area contributed by atoms with Gasteiger partial charge in [0.25, 0.3) is 0 Å². The first-order chi connectivity index (χ1) is 5.29. The van der Waals surface area contributed by atoms with Crippen molar-refractivity contribution in [3.8, 4) is 0 Å². The van der Waals surface area contributed by atoms with Crippen LogP contribution in [0.2, 0.25) is 0 Å². The molecule has 0 aliphatic rings. The average Bonchev–Trinajstić information content (AvgIpc) is 2.05. The highest BCUT2D eigenvalue weighted by Crippen LogP contribution is 2.25. The lowest BCUT2D eigenvalue weighted by Crippen LogP contribution is -1.91. The summed E-state index contributed by atoms with van der Waals surface area (Å²) < 4.78 is 0. The second-order valence-corrected chi connectivity index (χ2v) is 3.23. The molecule has 1 nitrogen and oxygen atoms in total. The predicted octanol–water partition coefficient (Wildman–Crippen LogP) is 2.76. The van der Waals surface area contributed by atoms with Gasteiger partial charge in [0.05, 0.1) is 0 Å². The highest BCUT2D eigenvalue weighted by Gasteiger charge is 1.99. The molecule has 2 heteroatoms. The number of benzene rings is 1. The van der Waals surface area contributed by atoms with Gasteiger partial charge in [-0.1, -0.05) is 6.07 Å². The number of hydrogen-bond donors (Lipinski definition) is 1. The van der Waals surface area contributed by atoms with Crippen LogP contribution in [0.5, 0.6) is 0 Å². The largest absolute Gasteiger partial charge is 0.388 e. The van der Waals surface area contributed by atoms with Crippen molar-refractivity contribution in [2.75, 3.05) is 18.6 Å². The number of anilines is 1. The van der Waals surface area contributed by atoms with Crippen molar-refractivity contribution in [1.82, 2.24) is 0 Å². The third-order valence-electron chi connectivity index (χ3n) is 1.77. The van der Waals surface area contributed by atoms with Crippen LogP contribution in [0, 0.1) is 6.92 Å². The fourth-order valence-corrected chi connectivity index (χ4v) is 1.74. The Morgan fingerprint density at radius 1 is 1.36 bits per heavy atom. The summed E-state index contributed by atoms with van der Waals surface area (Å²) in [6.07, 6.45) is 2.10. The topological polar surface area (TPSA) is 12.0 Å². The Balaban J connectivity index is 3.10. The van der Waals surface area contributed by atoms with Gasteiger partial charge in [0, 0.05) is 17.6 Å². The van der Waals surface area contributed by atoms with Crippen molar-refractivity contribution < 1.29 is 0 Å². The van der Waals surface area contributed by atoms with E-state index in [0.717, 1.165) is 0 Å². The summed E-state index contributed by atoms with van der Waals surface area (Å²) >= 11 is 1.78. The monoisotopic (exact) mass is 167 g/mol. The number of thioether (sulfide) groups is 1. The fourth-order valence-electron chi connectivity index (χ4n) is 1.11. The Bertz CT molecular complexity index is 223. The molecular weight excluding hydrogens is 154 g/mol. The van der Waals surface area contributed by atoms with E-state index in [1.807, 2.05) is 7.05 Å². The third-order valence-corrected chi connectivity index (χ3v) is 2.66. The Morgan fingerprint density at radius 2 is 2.09 bits per heavy atom. The van der Waals surface area contributed by atoms with Gasteiger partial charge in [-0.3, -0.25) is 0 Å². The molecular formula is C9H13NS. The van der Waals surface area contributed by atoms with Gasteiger partial charge in [0.2, 0.25) is 0 Å². The van der Waals surface area contributed by atoms with Gasteiger partial charge in [-0.15, -0.1) is 11.8 Å². The molecule has 1 aromatic rings. The Labute approximate surface area is 72.2 Å². The number of hydrogen-bond acceptors (Lipinski definition) is 2. The summed E-state index contributed by atoms with van der Waals surface area (Å²) in [6.45, 7) is 2.14. The molecule has 0 bridgehead atoms. The van der Waals surface area contributed by atoms with Crippen molar-refractivity contribution >= 4 is 17.4 Å². The molecule has 11 heavy (non-hydrogen) atoms. The van der Waals surface area contributed by atoms with Gasteiger partial charge in [0.1, 0.15) is 0 Å². The van der Waals surface area contributed by atoms with E-state index in [2.05, 4.69) is 36.7 Å². The molecule has 0 radical (unpaired) electrons. The average molecular weight is 167 g/mol. The molecule has 1 N–H and O–H groups in total. The van der Waals surface area contributed by atoms with Crippen molar-refractivity contribution in [3.63, 3.8) is 0 Å². The van der Waals surface area contributed by atoms with Crippen LogP contribution in [0.1, 0.15) is 5.56 Å². The van der Waals surface area contributed by atoms with Crippen LogP contribution < -0.4 is 5.32 Å². The lowest BCUT2D eigenvalue weighted by Gasteiger charge is -2.07. The zero-order valence-electron chi connectivity index (χ0n) is 7.14. The SMILES string of the molecule is CNc1cccc(SC)c1C. The smallest absolute Gasteiger partial charge is 0.0378 e. The third kappa shape index (κ3) is 1.69. The molecule has 0 aliphatic heterocycles. The molecule has 60 valence electrons. The molecule has 0 fully saturated rings. The second-order valence-electron chi connectivity index (χ2n) is 2.38. The van der Waals surface area contributed by atoms with Crippen molar-refractivity contribution in [1.29, 1.82) is 0 Å². The van der Waals surface area contributed by atoms with E-state index in [0.29, 0.717) is 0 Å². The molecule has 0 spiro atoms. The number of rotatable bonds is 2. The maximum atomic E-state index is 3.16. The lowest BCUT2D eigenvalue weighted by molar-refractivity contribution is 1.29. The van der Waals surface area contributed by atoms with Crippen molar-refractivity contribution in [2.24, 2.45) is 0 Å². The van der Waals surface area contributed by atoms with Crippen LogP contribution in [0.25, 0.3) is 0 Å². The molecule has 0 amide bonds. The van der Waals surface area contributed by atoms with E-state index in [1.165, 1.54) is 16.1 Å². The minimum absolute atomic E-state index is 1.22. The van der Waals surface area contributed by atoms with Crippen LogP contribution in [0.3, 0.4) is 0 Å². The van der Waals surface area contributed by atoms with Gasteiger partial charge in [-0.2, -0.15) is 0 Å². The van der Waals surface area contributed by atoms with E-state index < -0.39 is 0 Å². The molecule has 0 aliphatic carbocycles. The van der Waals surface area contributed by atoms with Gasteiger partial charge >= 0.3 is 0 Å². The van der Waals surface area contributed by atoms with E-state index in [9.17, 15) is 0 Å². The fraction of sp³-hybridized carbons (Fsp3) is 0.333. The summed E-state index contributed by atoms with van der Waals surface area (Å²) in [7, 11) is 1.95. The van der Waals surface area contributed by atoms with E-state index >= 15 is 0 Å². The summed E-state index contributed by atoms with van der Waals surface area (Å²) in [6, 6.07) is 6.31. The predicted molar refractivity (Wildman–Crippen MR) is 52.5 cm³/mol.